The largest absolute Gasteiger partial charge is 0.507 e. The number of amides is 1. The number of sulfonamides is 1. The molecule has 2 aromatic rings. The summed E-state index contributed by atoms with van der Waals surface area (Å²) in [4.78, 5) is 30.4. The fraction of sp³-hybridized carbons (Fsp3) is 0.429. The zero-order valence-corrected chi connectivity index (χ0v) is 22.9. The Balaban J connectivity index is 1.73. The van der Waals surface area contributed by atoms with Gasteiger partial charge in [0.05, 0.1) is 29.7 Å². The van der Waals surface area contributed by atoms with Gasteiger partial charge in [0.1, 0.15) is 5.76 Å². The molecule has 2 fully saturated rings. The van der Waals surface area contributed by atoms with Gasteiger partial charge in [-0.1, -0.05) is 43.3 Å². The van der Waals surface area contributed by atoms with Crippen molar-refractivity contribution in [2.45, 2.75) is 30.7 Å². The molecule has 2 aliphatic heterocycles. The lowest BCUT2D eigenvalue weighted by Crippen LogP contribution is -2.38. The number of ether oxygens (including phenoxy) is 1. The molecule has 2 heterocycles. The molecule has 10 heteroatoms. The first-order valence-corrected chi connectivity index (χ1v) is 14.3. The molecule has 9 nitrogen and oxygen atoms in total. The average Bonchev–Trinajstić information content (AvgIpc) is 3.18. The molecule has 2 aliphatic rings. The number of aryl methyl sites for hydroxylation is 1. The SMILES string of the molecule is CCc1ccc([C@H]2C(=C(O)c3cccc(S(=O)(=O)N(C)C)c3)C(=O)C(=O)N2CCCN2CCOCC2)cc1. The molecule has 0 aliphatic carbocycles. The lowest BCUT2D eigenvalue weighted by Gasteiger charge is -2.29. The van der Waals surface area contributed by atoms with Gasteiger partial charge in [-0.25, -0.2) is 12.7 Å². The van der Waals surface area contributed by atoms with E-state index in [0.717, 1.165) is 35.9 Å². The fourth-order valence-electron chi connectivity index (χ4n) is 4.85. The number of hydrogen-bond acceptors (Lipinski definition) is 7. The summed E-state index contributed by atoms with van der Waals surface area (Å²) in [5.41, 5.74) is 1.95. The van der Waals surface area contributed by atoms with Crippen LogP contribution in [0, 0.1) is 0 Å². The van der Waals surface area contributed by atoms with Crippen molar-refractivity contribution in [3.05, 3.63) is 70.8 Å². The Morgan fingerprint density at radius 2 is 1.74 bits per heavy atom. The van der Waals surface area contributed by atoms with Crippen LogP contribution < -0.4 is 0 Å². The molecule has 0 aromatic heterocycles. The van der Waals surface area contributed by atoms with Crippen LogP contribution in [-0.4, -0.2) is 92.8 Å². The van der Waals surface area contributed by atoms with Crippen molar-refractivity contribution in [1.29, 1.82) is 0 Å². The maximum atomic E-state index is 13.3. The van der Waals surface area contributed by atoms with Crippen LogP contribution in [0.2, 0.25) is 0 Å². The van der Waals surface area contributed by atoms with Crippen molar-refractivity contribution in [3.8, 4) is 0 Å². The van der Waals surface area contributed by atoms with Crippen LogP contribution in [0.15, 0.2) is 59.0 Å². The standard InChI is InChI=1S/C28H35N3O6S/c1-4-20-9-11-21(12-10-20)25-24(26(32)22-7-5-8-23(19-22)38(35,36)29(2)3)27(33)28(34)31(25)14-6-13-30-15-17-37-18-16-30/h5,7-12,19,25,32H,4,6,13-18H2,1-3H3/t25-/m0/s1. The number of benzene rings is 2. The minimum atomic E-state index is -3.76. The number of Topliss-reactive ketones (excluding diaryl/α,β-unsaturated/α-hetero) is 1. The third-order valence-electron chi connectivity index (χ3n) is 7.11. The third kappa shape index (κ3) is 5.68. The van der Waals surface area contributed by atoms with Crippen molar-refractivity contribution in [1.82, 2.24) is 14.1 Å². The maximum absolute atomic E-state index is 13.3. The molecule has 4 rings (SSSR count). The van der Waals surface area contributed by atoms with Crippen LogP contribution in [0.3, 0.4) is 0 Å². The number of likely N-dealkylation sites (tertiary alicyclic amines) is 1. The van der Waals surface area contributed by atoms with Gasteiger partial charge in [0.25, 0.3) is 11.7 Å². The summed E-state index contributed by atoms with van der Waals surface area (Å²) in [7, 11) is -0.922. The highest BCUT2D eigenvalue weighted by molar-refractivity contribution is 7.89. The van der Waals surface area contributed by atoms with Crippen LogP contribution in [0.5, 0.6) is 0 Å². The van der Waals surface area contributed by atoms with Crippen molar-refractivity contribution in [2.24, 2.45) is 0 Å². The normalized spacial score (nSPS) is 20.4. The monoisotopic (exact) mass is 541 g/mol. The van der Waals surface area contributed by atoms with Gasteiger partial charge in [0.2, 0.25) is 10.0 Å². The molecular formula is C28H35N3O6S. The predicted octanol–water partition coefficient (Wildman–Crippen LogP) is 2.64. The lowest BCUT2D eigenvalue weighted by atomic mass is 9.94. The van der Waals surface area contributed by atoms with E-state index in [1.165, 1.54) is 43.3 Å². The summed E-state index contributed by atoms with van der Waals surface area (Å²) in [5.74, 6) is -1.84. The maximum Gasteiger partial charge on any atom is 0.295 e. The van der Waals surface area contributed by atoms with Gasteiger partial charge in [-0.05, 0) is 36.1 Å². The van der Waals surface area contributed by atoms with Crippen LogP contribution >= 0.6 is 0 Å². The number of hydrogen-bond donors (Lipinski definition) is 1. The van der Waals surface area contributed by atoms with Gasteiger partial charge in [-0.3, -0.25) is 14.5 Å². The van der Waals surface area contributed by atoms with E-state index in [1.54, 1.807) is 0 Å². The number of ketones is 1. The van der Waals surface area contributed by atoms with Gasteiger partial charge in [0, 0.05) is 45.8 Å². The van der Waals surface area contributed by atoms with Crippen LogP contribution in [0.4, 0.5) is 0 Å². The van der Waals surface area contributed by atoms with Gasteiger partial charge < -0.3 is 14.7 Å². The molecule has 1 N–H and O–H groups in total. The molecule has 1 amide bonds. The van der Waals surface area contributed by atoms with E-state index >= 15 is 0 Å². The molecule has 0 unspecified atom stereocenters. The molecule has 38 heavy (non-hydrogen) atoms. The first-order valence-electron chi connectivity index (χ1n) is 12.9. The number of morpholine rings is 1. The minimum Gasteiger partial charge on any atom is -0.507 e. The van der Waals surface area contributed by atoms with E-state index in [2.05, 4.69) is 4.90 Å². The molecule has 0 radical (unpaired) electrons. The fourth-order valence-corrected chi connectivity index (χ4v) is 5.80. The quantitative estimate of drug-likeness (QED) is 0.295. The second-order valence-corrected chi connectivity index (χ2v) is 11.9. The summed E-state index contributed by atoms with van der Waals surface area (Å²) in [6.45, 7) is 6.15. The highest BCUT2D eigenvalue weighted by atomic mass is 32.2. The topological polar surface area (TPSA) is 107 Å². The van der Waals surface area contributed by atoms with E-state index < -0.39 is 27.8 Å². The zero-order chi connectivity index (χ0) is 27.4. The van der Waals surface area contributed by atoms with E-state index in [9.17, 15) is 23.1 Å². The van der Waals surface area contributed by atoms with Gasteiger partial charge in [0.15, 0.2) is 0 Å². The van der Waals surface area contributed by atoms with Crippen molar-refractivity contribution < 1.29 is 27.9 Å². The Kier molecular flexibility index (Phi) is 8.67. The van der Waals surface area contributed by atoms with E-state index in [1.807, 2.05) is 31.2 Å². The van der Waals surface area contributed by atoms with E-state index in [0.29, 0.717) is 31.7 Å². The van der Waals surface area contributed by atoms with Crippen molar-refractivity contribution >= 4 is 27.5 Å². The van der Waals surface area contributed by atoms with E-state index in [-0.39, 0.29) is 21.8 Å². The molecule has 0 spiro atoms. The highest BCUT2D eigenvalue weighted by Gasteiger charge is 2.45. The lowest BCUT2D eigenvalue weighted by molar-refractivity contribution is -0.140. The summed E-state index contributed by atoms with van der Waals surface area (Å²) in [5, 5.41) is 11.4. The van der Waals surface area contributed by atoms with Crippen molar-refractivity contribution in [2.75, 3.05) is 53.5 Å². The first-order chi connectivity index (χ1) is 18.1. The van der Waals surface area contributed by atoms with Crippen LogP contribution in [-0.2, 0) is 30.8 Å². The van der Waals surface area contributed by atoms with Crippen LogP contribution in [0.1, 0.15) is 36.1 Å². The smallest absolute Gasteiger partial charge is 0.295 e. The Labute approximate surface area is 224 Å². The molecule has 204 valence electrons. The number of nitrogens with zero attached hydrogens (tertiary/aromatic N) is 3. The van der Waals surface area contributed by atoms with Crippen LogP contribution in [0.25, 0.3) is 5.76 Å². The predicted molar refractivity (Wildman–Crippen MR) is 144 cm³/mol. The van der Waals surface area contributed by atoms with Gasteiger partial charge in [-0.2, -0.15) is 0 Å². The Morgan fingerprint density at radius 1 is 1.05 bits per heavy atom. The average molecular weight is 542 g/mol. The Bertz CT molecular complexity index is 1310. The summed E-state index contributed by atoms with van der Waals surface area (Å²) in [6, 6.07) is 12.7. The number of carbonyl (C=O) groups excluding carboxylic acids is 2. The third-order valence-corrected chi connectivity index (χ3v) is 8.92. The number of carbonyl (C=O) groups is 2. The highest BCUT2D eigenvalue weighted by Crippen LogP contribution is 2.39. The number of rotatable bonds is 9. The van der Waals surface area contributed by atoms with Crippen molar-refractivity contribution in [3.63, 3.8) is 0 Å². The minimum absolute atomic E-state index is 0.0184. The molecule has 0 bridgehead atoms. The Morgan fingerprint density at radius 3 is 2.37 bits per heavy atom. The molecule has 2 aromatic carbocycles. The number of aliphatic hydroxyl groups excluding tert-OH is 1. The number of aliphatic hydroxyl groups is 1. The first kappa shape index (κ1) is 28.0. The van der Waals surface area contributed by atoms with Gasteiger partial charge >= 0.3 is 0 Å². The molecule has 1 atom stereocenters. The second kappa shape index (κ2) is 11.8. The summed E-state index contributed by atoms with van der Waals surface area (Å²) in [6.07, 6.45) is 1.50. The molecule has 0 saturated carbocycles. The molecular weight excluding hydrogens is 506 g/mol. The molecule has 2 saturated heterocycles. The van der Waals surface area contributed by atoms with E-state index in [4.69, 9.17) is 4.74 Å². The Hall–Kier alpha value is -3.05. The zero-order valence-electron chi connectivity index (χ0n) is 22.1. The second-order valence-electron chi connectivity index (χ2n) is 9.71. The summed E-state index contributed by atoms with van der Waals surface area (Å²) >= 11 is 0. The van der Waals surface area contributed by atoms with Gasteiger partial charge in [-0.15, -0.1) is 0 Å². The summed E-state index contributed by atoms with van der Waals surface area (Å²) < 4.78 is 31.8.